The molecule has 142 heavy (non-hydrogen) atoms. The van der Waals surface area contributed by atoms with E-state index in [9.17, 15) is 27.3 Å². The lowest BCUT2D eigenvalue weighted by atomic mass is 10.1. The number of carboxylic acids is 1. The minimum atomic E-state index is -4.93. The summed E-state index contributed by atoms with van der Waals surface area (Å²) >= 11 is 0. The fraction of sp³-hybridized carbons (Fsp3) is 0.277. The van der Waals surface area contributed by atoms with E-state index in [1.54, 1.807) is 131 Å². The Kier molecular flexibility index (Phi) is 33.2. The summed E-state index contributed by atoms with van der Waals surface area (Å²) in [6.07, 6.45) is 20.3. The minimum Gasteiger partial charge on any atom is -0.497 e. The van der Waals surface area contributed by atoms with E-state index in [0.29, 0.717) is 106 Å². The molecule has 0 radical (unpaired) electrons. The number of aromatic nitrogens is 18. The largest absolute Gasteiger partial charge is 0.497 e. The van der Waals surface area contributed by atoms with Gasteiger partial charge in [-0.25, -0.2) is 24.9 Å². The fourth-order valence-electron chi connectivity index (χ4n) is 15.2. The van der Waals surface area contributed by atoms with Crippen molar-refractivity contribution in [3.05, 3.63) is 238 Å². The molecule has 0 saturated carbocycles. The second-order valence-corrected chi connectivity index (χ2v) is 35.1. The summed E-state index contributed by atoms with van der Waals surface area (Å²) in [6.45, 7) is 7.66. The number of benzene rings is 8. The van der Waals surface area contributed by atoms with E-state index in [2.05, 4.69) is 60.1 Å². The maximum atomic E-state index is 12.8. The smallest absolute Gasteiger partial charge is 0.471 e. The first-order chi connectivity index (χ1) is 68.4. The van der Waals surface area contributed by atoms with Gasteiger partial charge in [-0.15, -0.1) is 0 Å². The number of amides is 1. The normalized spacial score (nSPS) is 11.3. The van der Waals surface area contributed by atoms with Crippen LogP contribution in [0.15, 0.2) is 226 Å². The van der Waals surface area contributed by atoms with E-state index in [0.717, 1.165) is 118 Å². The van der Waals surface area contributed by atoms with Gasteiger partial charge in [0, 0.05) is 251 Å². The lowest BCUT2D eigenvalue weighted by Crippen LogP contribution is -2.38. The summed E-state index contributed by atoms with van der Waals surface area (Å²) in [7, 11) is 17.9. The van der Waals surface area contributed by atoms with Crippen molar-refractivity contribution in [3.8, 4) is 91.0 Å². The number of carbonyl (C=O) groups excluding carboxylic acids is 1. The molecule has 1 amide bonds. The number of halogens is 3. The van der Waals surface area contributed by atoms with Crippen LogP contribution in [0.3, 0.4) is 0 Å². The number of H-pyrrole nitrogens is 1. The number of anilines is 8. The highest BCUT2D eigenvalue weighted by atomic mass is 31.2. The molecule has 0 atom stereocenters. The number of alkyl halides is 3. The number of aliphatic carboxylic acids is 1. The van der Waals surface area contributed by atoms with Crippen molar-refractivity contribution in [1.82, 2.24) is 94.3 Å². The number of imidazole rings is 1. The number of hydrogen-bond acceptors (Lipinski definition) is 30. The van der Waals surface area contributed by atoms with Gasteiger partial charge in [0.1, 0.15) is 51.8 Å². The molecule has 0 aliphatic carbocycles. The summed E-state index contributed by atoms with van der Waals surface area (Å²) in [5.41, 5.74) is 20.0. The van der Waals surface area contributed by atoms with Crippen LogP contribution in [-0.4, -0.2) is 216 Å². The van der Waals surface area contributed by atoms with Gasteiger partial charge in [-0.05, 0) is 113 Å². The Hall–Kier alpha value is -16.4. The van der Waals surface area contributed by atoms with E-state index >= 15 is 0 Å². The van der Waals surface area contributed by atoms with Gasteiger partial charge in [0.2, 0.25) is 0 Å². The number of ether oxygens (including phenoxy) is 8. The van der Waals surface area contributed by atoms with Crippen molar-refractivity contribution >= 4 is 109 Å². The van der Waals surface area contributed by atoms with Crippen LogP contribution in [-0.2, 0) is 50.9 Å². The number of methoxy groups -OCH3 is 8. The molecule has 0 saturated heterocycles. The number of nitrogens with zero attached hydrogens (tertiary/aromatic N) is 21. The topological polar surface area (TPSA) is 392 Å². The monoisotopic (exact) mass is 1960 g/mol. The SMILES string of the molecule is COc1cc(OC)cc(N(CCCCC(=O)O)c2ccc3ncc(-c4cnn(C)c4)nc3c2)c1.COc1cc(OC)cc(N(CCCNC(=O)C(F)(F)F)c2ccc3ncc(-c4cnn(C(C)C)c4)nc3c2)c1.COc1cc(OC)cc(N(CCP(=O)(OC)OC)c2ccc3ncc(-c4cnn(C)c4)nc3c2)c1.COc1cc(OC)cc(N(Cc2ncc(C)[nH]2)c2ccc3ncc(-c4cnn(C)c4)nc3c2)c1. The number of nitrogens with one attached hydrogen (secondary N) is 2. The van der Waals surface area contributed by atoms with E-state index in [1.807, 2.05) is 214 Å². The van der Waals surface area contributed by atoms with Crippen LogP contribution in [0.2, 0.25) is 0 Å². The first-order valence-electron chi connectivity index (χ1n) is 44.8. The number of hydrogen-bond donors (Lipinski definition) is 3. The van der Waals surface area contributed by atoms with Gasteiger partial charge in [-0.2, -0.15) is 33.6 Å². The second-order valence-electron chi connectivity index (χ2n) is 32.7. The van der Waals surface area contributed by atoms with Crippen molar-refractivity contribution in [2.75, 3.05) is 123 Å². The molecule has 0 unspecified atom stereocenters. The Balaban J connectivity index is 0.000000151. The molecule has 17 rings (SSSR count). The van der Waals surface area contributed by atoms with Crippen molar-refractivity contribution in [2.45, 2.75) is 65.2 Å². The van der Waals surface area contributed by atoms with Gasteiger partial charge >= 0.3 is 25.6 Å². The van der Waals surface area contributed by atoms with Crippen LogP contribution in [0, 0.1) is 6.92 Å². The highest BCUT2D eigenvalue weighted by Gasteiger charge is 2.38. The molecule has 0 fully saturated rings. The molecule has 41 heteroatoms. The van der Waals surface area contributed by atoms with E-state index in [4.69, 9.17) is 72.0 Å². The van der Waals surface area contributed by atoms with Gasteiger partial charge in [-0.3, -0.25) is 52.8 Å². The van der Waals surface area contributed by atoms with Gasteiger partial charge < -0.3 is 81.9 Å². The van der Waals surface area contributed by atoms with Crippen molar-refractivity contribution in [3.63, 3.8) is 0 Å². The zero-order valence-electron chi connectivity index (χ0n) is 81.2. The van der Waals surface area contributed by atoms with Crippen LogP contribution in [0.5, 0.6) is 46.0 Å². The average molecular weight is 1960 g/mol. The first-order valence-corrected chi connectivity index (χ1v) is 46.6. The number of aryl methyl sites for hydroxylation is 4. The lowest BCUT2D eigenvalue weighted by Gasteiger charge is -2.27. The number of carboxylic acid groups (broad SMARTS) is 1. The van der Waals surface area contributed by atoms with E-state index < -0.39 is 25.6 Å². The Morgan fingerprint density at radius 3 is 1.02 bits per heavy atom. The highest BCUT2D eigenvalue weighted by Crippen LogP contribution is 2.48. The molecule has 9 heterocycles. The summed E-state index contributed by atoms with van der Waals surface area (Å²) in [4.78, 5) is 75.8. The van der Waals surface area contributed by atoms with Crippen LogP contribution in [0.1, 0.15) is 57.1 Å². The Morgan fingerprint density at radius 1 is 0.401 bits per heavy atom. The van der Waals surface area contributed by atoms with Gasteiger partial charge in [0.25, 0.3) is 0 Å². The molecule has 17 aromatic rings. The molecular weight excluding hydrogens is 1850 g/mol. The first kappa shape index (κ1) is 102. The molecule has 8 aromatic carbocycles. The Morgan fingerprint density at radius 2 is 0.725 bits per heavy atom. The molecule has 0 bridgehead atoms. The molecular formula is C101H109F3N23O14P. The van der Waals surface area contributed by atoms with Crippen LogP contribution in [0.25, 0.3) is 89.2 Å². The summed E-state index contributed by atoms with van der Waals surface area (Å²) in [5, 5.41) is 28.0. The predicted molar refractivity (Wildman–Crippen MR) is 536 cm³/mol. The van der Waals surface area contributed by atoms with E-state index in [1.165, 1.54) is 28.4 Å². The average Bonchev–Trinajstić information content (AvgIpc) is 1.03. The standard InChI is InChI=1S/C27H29F3N6O3.C25H25N7O2.C25H27N5O4.C24H28N5O5P/c1-17(2)36-16-18(14-33-36)25-15-32-23-7-6-19(12-24(23)34-25)35(9-5-8-31-26(37)27(28,29)30)20-10-21(38-3)13-22(11-20)39-4;1-16-11-27-25(29-16)15-32(19-7-20(33-3)10-21(8-19)34-4)18-5-6-22-23(9-18)30-24(13-26-22)17-12-28-31(2)14-17;1-29-16-17(14-27-29)24-15-26-22-8-7-18(12-23(22)28-24)30(9-5-4-6-25(31)32)19-10-20(33-2)13-21(11-19)34-3;1-28-16-17(14-26-28)24-15-25-22-7-6-18(12-23(22)27-24)29(8-9-35(30,33-4)34-5)19-10-20(31-2)13-21(11-19)32-3/h6-7,10-17H,5,8-9H2,1-4H3,(H,31,37);5-14H,15H2,1-4H3,(H,27,29);7-8,10-16H,4-6,9H2,1-3H3,(H,31,32);6-7,10-16H,8-9H2,1-5H3. The summed E-state index contributed by atoms with van der Waals surface area (Å²) in [5.74, 6) is 3.18. The van der Waals surface area contributed by atoms with Gasteiger partial charge in [0.05, 0.1) is 186 Å². The number of fused-ring (bicyclic) bond motifs is 4. The quantitative estimate of drug-likeness (QED) is 0.0240. The second kappa shape index (κ2) is 46.4. The molecule has 9 aromatic heterocycles. The highest BCUT2D eigenvalue weighted by molar-refractivity contribution is 7.53. The third-order valence-electron chi connectivity index (χ3n) is 22.7. The molecule has 37 nitrogen and oxygen atoms in total. The molecule has 3 N–H and O–H groups in total. The molecule has 0 spiro atoms. The Labute approximate surface area is 816 Å². The van der Waals surface area contributed by atoms with Gasteiger partial charge in [-0.1, -0.05) is 0 Å². The molecule has 0 aliphatic heterocycles. The van der Waals surface area contributed by atoms with Crippen molar-refractivity contribution in [1.29, 1.82) is 0 Å². The van der Waals surface area contributed by atoms with Crippen LogP contribution >= 0.6 is 7.60 Å². The number of aromatic amines is 1. The maximum absolute atomic E-state index is 12.8. The zero-order valence-corrected chi connectivity index (χ0v) is 82.1. The number of carbonyl (C=O) groups is 2. The van der Waals surface area contributed by atoms with Crippen molar-refractivity contribution < 1.29 is 79.4 Å². The molecule has 738 valence electrons. The Bertz CT molecular complexity index is 7200. The minimum absolute atomic E-state index is 0.132. The third-order valence-corrected chi connectivity index (χ3v) is 24.6. The fourth-order valence-corrected chi connectivity index (χ4v) is 16.2. The van der Waals surface area contributed by atoms with Crippen LogP contribution in [0.4, 0.5) is 58.7 Å². The zero-order chi connectivity index (χ0) is 101. The summed E-state index contributed by atoms with van der Waals surface area (Å²) < 4.78 is 112. The predicted octanol–water partition coefficient (Wildman–Crippen LogP) is 18.8. The third kappa shape index (κ3) is 25.8. The number of unbranched alkanes of at least 4 members (excludes halogenated alkanes) is 1. The lowest BCUT2D eigenvalue weighted by molar-refractivity contribution is -0.173. The van der Waals surface area contributed by atoms with Crippen LogP contribution < -0.4 is 62.8 Å². The summed E-state index contributed by atoms with van der Waals surface area (Å²) in [6, 6.07) is 45.8. The molecule has 0 aliphatic rings. The maximum Gasteiger partial charge on any atom is 0.471 e. The van der Waals surface area contributed by atoms with E-state index in [-0.39, 0.29) is 38.1 Å². The van der Waals surface area contributed by atoms with Gasteiger partial charge in [0.15, 0.2) is 0 Å². The van der Waals surface area contributed by atoms with Crippen molar-refractivity contribution in [2.24, 2.45) is 21.1 Å². The number of rotatable bonds is 37.